The van der Waals surface area contributed by atoms with Crippen LogP contribution < -0.4 is 5.32 Å². The summed E-state index contributed by atoms with van der Waals surface area (Å²) in [6.07, 6.45) is 3.36. The van der Waals surface area contributed by atoms with Gasteiger partial charge in [0.1, 0.15) is 5.82 Å². The van der Waals surface area contributed by atoms with Crippen LogP contribution in [-0.4, -0.2) is 17.6 Å². The Morgan fingerprint density at radius 1 is 1.39 bits per heavy atom. The second-order valence-electron chi connectivity index (χ2n) is 3.55. The fourth-order valence-electron chi connectivity index (χ4n) is 1.36. The molecule has 1 saturated heterocycles. The number of aliphatic imine (C=N–C) groups is 1. The number of benzene rings is 1. The molecule has 92 valence electrons. The summed E-state index contributed by atoms with van der Waals surface area (Å²) in [4.78, 5) is 16.3. The number of hydrogen-bond donors (Lipinski definition) is 1. The standard InChI is InChI=1S/C13H11FN2OS/c1-2-7-15-13-16-12(17)11(18-13)8-9-3-5-10(14)6-4-9/h2-6,8H,1,7H2,(H,15,16,17)/b11-8-. The number of thioether (sulfide) groups is 1. The fraction of sp³-hybridized carbons (Fsp3) is 0.0769. The topological polar surface area (TPSA) is 41.5 Å². The van der Waals surface area contributed by atoms with Gasteiger partial charge in [-0.25, -0.2) is 4.39 Å². The fourth-order valence-corrected chi connectivity index (χ4v) is 2.19. The van der Waals surface area contributed by atoms with Crippen molar-refractivity contribution in [2.45, 2.75) is 0 Å². The lowest BCUT2D eigenvalue weighted by Gasteiger charge is -1.94. The molecule has 0 atom stereocenters. The number of amides is 1. The van der Waals surface area contributed by atoms with Gasteiger partial charge in [-0.1, -0.05) is 18.2 Å². The summed E-state index contributed by atoms with van der Waals surface area (Å²) in [5.74, 6) is -0.485. The highest BCUT2D eigenvalue weighted by atomic mass is 32.2. The molecular weight excluding hydrogens is 251 g/mol. The van der Waals surface area contributed by atoms with Gasteiger partial charge < -0.3 is 5.32 Å². The average Bonchev–Trinajstić information content (AvgIpc) is 2.70. The molecule has 1 aromatic rings. The summed E-state index contributed by atoms with van der Waals surface area (Å²) in [5, 5.41) is 3.22. The van der Waals surface area contributed by atoms with Crippen molar-refractivity contribution in [1.29, 1.82) is 0 Å². The molecule has 0 spiro atoms. The van der Waals surface area contributed by atoms with Gasteiger partial charge in [-0.2, -0.15) is 0 Å². The molecule has 0 aliphatic carbocycles. The van der Waals surface area contributed by atoms with Crippen molar-refractivity contribution in [3.8, 4) is 0 Å². The molecule has 18 heavy (non-hydrogen) atoms. The van der Waals surface area contributed by atoms with Crippen molar-refractivity contribution in [2.24, 2.45) is 4.99 Å². The quantitative estimate of drug-likeness (QED) is 0.672. The van der Waals surface area contributed by atoms with Gasteiger partial charge in [-0.3, -0.25) is 9.79 Å². The average molecular weight is 262 g/mol. The summed E-state index contributed by atoms with van der Waals surface area (Å²) in [6.45, 7) is 4.02. The molecule has 5 heteroatoms. The molecule has 0 saturated carbocycles. The van der Waals surface area contributed by atoms with Gasteiger partial charge in [0.05, 0.1) is 11.4 Å². The number of amidine groups is 1. The lowest BCUT2D eigenvalue weighted by atomic mass is 10.2. The van der Waals surface area contributed by atoms with Gasteiger partial charge in [0.25, 0.3) is 5.91 Å². The SMILES string of the molecule is C=CCN=C1NC(=O)/C(=C/c2ccc(F)cc2)S1. The van der Waals surface area contributed by atoms with Gasteiger partial charge >= 0.3 is 0 Å². The Morgan fingerprint density at radius 3 is 2.78 bits per heavy atom. The van der Waals surface area contributed by atoms with E-state index in [4.69, 9.17) is 0 Å². The van der Waals surface area contributed by atoms with Crippen LogP contribution in [0.2, 0.25) is 0 Å². The number of nitrogens with one attached hydrogen (secondary N) is 1. The van der Waals surface area contributed by atoms with E-state index in [9.17, 15) is 9.18 Å². The van der Waals surface area contributed by atoms with Crippen molar-refractivity contribution in [1.82, 2.24) is 5.32 Å². The molecule has 1 aliphatic rings. The van der Waals surface area contributed by atoms with E-state index in [1.54, 1.807) is 24.3 Å². The second-order valence-corrected chi connectivity index (χ2v) is 4.58. The third-order valence-electron chi connectivity index (χ3n) is 2.18. The third-order valence-corrected chi connectivity index (χ3v) is 3.13. The van der Waals surface area contributed by atoms with Crippen molar-refractivity contribution in [3.05, 3.63) is 53.2 Å². The molecule has 1 heterocycles. The molecule has 3 nitrogen and oxygen atoms in total. The lowest BCUT2D eigenvalue weighted by molar-refractivity contribution is -0.115. The van der Waals surface area contributed by atoms with Crippen molar-refractivity contribution in [2.75, 3.05) is 6.54 Å². The van der Waals surface area contributed by atoms with Crippen LogP contribution in [0.4, 0.5) is 4.39 Å². The number of rotatable bonds is 3. The molecule has 0 aromatic heterocycles. The van der Waals surface area contributed by atoms with Crippen LogP contribution in [0, 0.1) is 5.82 Å². The number of hydrogen-bond acceptors (Lipinski definition) is 3. The molecule has 1 fully saturated rings. The smallest absolute Gasteiger partial charge is 0.264 e. The van der Waals surface area contributed by atoms with Crippen molar-refractivity contribution < 1.29 is 9.18 Å². The monoisotopic (exact) mass is 262 g/mol. The largest absolute Gasteiger partial charge is 0.301 e. The van der Waals surface area contributed by atoms with E-state index in [1.165, 1.54) is 23.9 Å². The van der Waals surface area contributed by atoms with Crippen molar-refractivity contribution in [3.63, 3.8) is 0 Å². The summed E-state index contributed by atoms with van der Waals surface area (Å²) < 4.78 is 12.7. The van der Waals surface area contributed by atoms with Crippen LogP contribution in [0.1, 0.15) is 5.56 Å². The highest BCUT2D eigenvalue weighted by molar-refractivity contribution is 8.18. The Balaban J connectivity index is 2.16. The second kappa shape index (κ2) is 5.64. The summed E-state index contributed by atoms with van der Waals surface area (Å²) in [5.41, 5.74) is 0.777. The molecule has 1 N–H and O–H groups in total. The Kier molecular flexibility index (Phi) is 3.94. The molecule has 2 rings (SSSR count). The maximum atomic E-state index is 12.7. The van der Waals surface area contributed by atoms with Crippen LogP contribution in [-0.2, 0) is 4.79 Å². The highest BCUT2D eigenvalue weighted by Gasteiger charge is 2.23. The zero-order valence-electron chi connectivity index (χ0n) is 9.52. The summed E-state index contributed by atoms with van der Waals surface area (Å²) in [6, 6.07) is 5.96. The van der Waals surface area contributed by atoms with Crippen LogP contribution in [0.3, 0.4) is 0 Å². The number of halogens is 1. The third kappa shape index (κ3) is 3.07. The lowest BCUT2D eigenvalue weighted by Crippen LogP contribution is -2.19. The van der Waals surface area contributed by atoms with Crippen molar-refractivity contribution >= 4 is 28.9 Å². The number of nitrogens with zero attached hydrogens (tertiary/aromatic N) is 1. The minimum absolute atomic E-state index is 0.188. The van der Waals surface area contributed by atoms with Crippen LogP contribution >= 0.6 is 11.8 Å². The number of carbonyl (C=O) groups excluding carboxylic acids is 1. The Labute approximate surface area is 108 Å². The molecule has 0 bridgehead atoms. The first-order valence-electron chi connectivity index (χ1n) is 5.31. The first-order valence-corrected chi connectivity index (χ1v) is 6.12. The molecule has 1 aliphatic heterocycles. The van der Waals surface area contributed by atoms with Crippen LogP contribution in [0.25, 0.3) is 6.08 Å². The van der Waals surface area contributed by atoms with E-state index in [1.807, 2.05) is 0 Å². The Hall–Kier alpha value is -1.88. The first kappa shape index (κ1) is 12.6. The van der Waals surface area contributed by atoms with Crippen LogP contribution in [0.15, 0.2) is 46.8 Å². The Morgan fingerprint density at radius 2 is 2.11 bits per heavy atom. The molecule has 1 aromatic carbocycles. The van der Waals surface area contributed by atoms with E-state index >= 15 is 0 Å². The van der Waals surface area contributed by atoms with E-state index < -0.39 is 0 Å². The van der Waals surface area contributed by atoms with E-state index in [0.717, 1.165) is 5.56 Å². The summed E-state index contributed by atoms with van der Waals surface area (Å²) in [7, 11) is 0. The van der Waals surface area contributed by atoms with E-state index in [0.29, 0.717) is 16.6 Å². The maximum Gasteiger partial charge on any atom is 0.264 e. The molecule has 1 amide bonds. The van der Waals surface area contributed by atoms with Crippen LogP contribution in [0.5, 0.6) is 0 Å². The first-order chi connectivity index (χ1) is 8.69. The van der Waals surface area contributed by atoms with E-state index in [2.05, 4.69) is 16.9 Å². The van der Waals surface area contributed by atoms with Gasteiger partial charge in [-0.05, 0) is 35.5 Å². The predicted octanol–water partition coefficient (Wildman–Crippen LogP) is 2.57. The van der Waals surface area contributed by atoms with Gasteiger partial charge in [0.15, 0.2) is 5.17 Å². The zero-order chi connectivity index (χ0) is 13.0. The van der Waals surface area contributed by atoms with Gasteiger partial charge in [0.2, 0.25) is 0 Å². The Bertz CT molecular complexity index is 534. The minimum Gasteiger partial charge on any atom is -0.301 e. The minimum atomic E-state index is -0.297. The van der Waals surface area contributed by atoms with Gasteiger partial charge in [-0.15, -0.1) is 6.58 Å². The van der Waals surface area contributed by atoms with E-state index in [-0.39, 0.29) is 11.7 Å². The molecule has 0 unspecified atom stereocenters. The highest BCUT2D eigenvalue weighted by Crippen LogP contribution is 2.25. The molecular formula is C13H11FN2OS. The molecule has 0 radical (unpaired) electrons. The zero-order valence-corrected chi connectivity index (χ0v) is 10.3. The summed E-state index contributed by atoms with van der Waals surface area (Å²) >= 11 is 1.27. The number of carbonyl (C=O) groups is 1. The predicted molar refractivity (Wildman–Crippen MR) is 72.6 cm³/mol. The van der Waals surface area contributed by atoms with Gasteiger partial charge in [0, 0.05) is 0 Å². The normalized spacial score (nSPS) is 19.3. The maximum absolute atomic E-state index is 12.7.